The van der Waals surface area contributed by atoms with Crippen LogP contribution in [0.4, 0.5) is 13.2 Å². The Morgan fingerprint density at radius 3 is 2.70 bits per heavy atom. The summed E-state index contributed by atoms with van der Waals surface area (Å²) in [6, 6.07) is -0.836. The average molecular weight is 469 g/mol. The van der Waals surface area contributed by atoms with E-state index in [9.17, 15) is 22.8 Å². The van der Waals surface area contributed by atoms with Crippen molar-refractivity contribution in [3.8, 4) is 0 Å². The van der Waals surface area contributed by atoms with Crippen LogP contribution < -0.4 is 11.1 Å². The number of nitrogens with zero attached hydrogens (tertiary/aromatic N) is 3. The van der Waals surface area contributed by atoms with Crippen molar-refractivity contribution >= 4 is 18.0 Å². The van der Waals surface area contributed by atoms with E-state index in [1.54, 1.807) is 0 Å². The maximum absolute atomic E-state index is 13.2. The maximum atomic E-state index is 13.2. The van der Waals surface area contributed by atoms with Crippen molar-refractivity contribution < 1.29 is 22.8 Å². The second kappa shape index (κ2) is 10.4. The number of carbonyl (C=O) groups is 2. The summed E-state index contributed by atoms with van der Waals surface area (Å²) >= 11 is 0. The third-order valence-corrected chi connectivity index (χ3v) is 6.21. The van der Waals surface area contributed by atoms with Gasteiger partial charge >= 0.3 is 6.18 Å². The van der Waals surface area contributed by atoms with Gasteiger partial charge in [0.1, 0.15) is 12.1 Å². The number of halogens is 3. The lowest BCUT2D eigenvalue weighted by atomic mass is 9.86. The monoisotopic (exact) mass is 468 g/mol. The normalized spacial score (nSPS) is 20.3. The second-order valence-corrected chi connectivity index (χ2v) is 8.83. The minimum atomic E-state index is -4.33. The lowest BCUT2D eigenvalue weighted by Gasteiger charge is -2.24. The molecule has 1 aromatic heterocycles. The van der Waals surface area contributed by atoms with Gasteiger partial charge in [-0.25, -0.2) is 0 Å². The fourth-order valence-electron chi connectivity index (χ4n) is 4.37. The second-order valence-electron chi connectivity index (χ2n) is 8.83. The van der Waals surface area contributed by atoms with Crippen LogP contribution in [0.5, 0.6) is 0 Å². The molecule has 11 heteroatoms. The van der Waals surface area contributed by atoms with E-state index in [-0.39, 0.29) is 43.5 Å². The highest BCUT2D eigenvalue weighted by Crippen LogP contribution is 2.37. The Hall–Kier alpha value is -2.85. The lowest BCUT2D eigenvalue weighted by Crippen LogP contribution is -2.38. The molecule has 2 unspecified atom stereocenters. The number of hydrogen-bond acceptors (Lipinski definition) is 5. The van der Waals surface area contributed by atoms with Gasteiger partial charge in [-0.15, -0.1) is 0 Å². The summed E-state index contributed by atoms with van der Waals surface area (Å²) in [5.41, 5.74) is 8.75. The van der Waals surface area contributed by atoms with Gasteiger partial charge in [0.15, 0.2) is 5.69 Å². The van der Waals surface area contributed by atoms with E-state index < -0.39 is 24.0 Å². The highest BCUT2D eigenvalue weighted by atomic mass is 19.4. The van der Waals surface area contributed by atoms with Crippen LogP contribution in [0, 0.1) is 5.92 Å². The first-order valence-electron chi connectivity index (χ1n) is 11.2. The molecule has 4 N–H and O–H groups in total. The van der Waals surface area contributed by atoms with Crippen molar-refractivity contribution in [2.24, 2.45) is 16.6 Å². The van der Waals surface area contributed by atoms with Crippen molar-refractivity contribution in [3.63, 3.8) is 0 Å². The topological polar surface area (TPSA) is 116 Å². The predicted molar refractivity (Wildman–Crippen MR) is 118 cm³/mol. The molecule has 0 saturated carbocycles. The van der Waals surface area contributed by atoms with Gasteiger partial charge in [0.25, 0.3) is 5.91 Å². The molecule has 182 valence electrons. The number of alkyl halides is 3. The summed E-state index contributed by atoms with van der Waals surface area (Å²) in [4.78, 5) is 30.8. The van der Waals surface area contributed by atoms with E-state index in [2.05, 4.69) is 20.5 Å². The average Bonchev–Trinajstić information content (AvgIpc) is 3.19. The molecule has 0 bridgehead atoms. The third-order valence-electron chi connectivity index (χ3n) is 6.21. The van der Waals surface area contributed by atoms with Gasteiger partial charge in [0.05, 0.1) is 12.0 Å². The number of aryl methyl sites for hydroxylation is 1. The third kappa shape index (κ3) is 5.94. The Morgan fingerprint density at radius 1 is 1.33 bits per heavy atom. The van der Waals surface area contributed by atoms with E-state index in [1.165, 1.54) is 0 Å². The number of hydrogen-bond donors (Lipinski definition) is 3. The van der Waals surface area contributed by atoms with Crippen molar-refractivity contribution in [3.05, 3.63) is 28.2 Å². The van der Waals surface area contributed by atoms with Gasteiger partial charge in [0.2, 0.25) is 0 Å². The molecule has 1 heterocycles. The lowest BCUT2D eigenvalue weighted by molar-refractivity contribution is -0.177. The van der Waals surface area contributed by atoms with E-state index in [0.717, 1.165) is 42.8 Å². The van der Waals surface area contributed by atoms with Crippen LogP contribution in [0.3, 0.4) is 0 Å². The predicted octanol–water partition coefficient (Wildman–Crippen LogP) is 2.51. The molecule has 0 aromatic carbocycles. The van der Waals surface area contributed by atoms with Crippen LogP contribution in [0.15, 0.2) is 16.3 Å². The van der Waals surface area contributed by atoms with Gasteiger partial charge in [0, 0.05) is 43.2 Å². The molecule has 2 aliphatic carbocycles. The Labute approximate surface area is 190 Å². The molecule has 1 amide bonds. The summed E-state index contributed by atoms with van der Waals surface area (Å²) in [7, 11) is 3.75. The number of allylic oxidation sites excluding steroid dienone is 1. The van der Waals surface area contributed by atoms with Crippen molar-refractivity contribution in [1.29, 1.82) is 0 Å². The van der Waals surface area contributed by atoms with Gasteiger partial charge in [-0.2, -0.15) is 18.3 Å². The zero-order valence-electron chi connectivity index (χ0n) is 19.0. The van der Waals surface area contributed by atoms with Gasteiger partial charge in [-0.1, -0.05) is 0 Å². The Kier molecular flexibility index (Phi) is 7.80. The van der Waals surface area contributed by atoms with Crippen LogP contribution in [0.25, 0.3) is 0 Å². The van der Waals surface area contributed by atoms with Crippen LogP contribution >= 0.6 is 0 Å². The van der Waals surface area contributed by atoms with Crippen LogP contribution in [0.2, 0.25) is 0 Å². The highest BCUT2D eigenvalue weighted by Gasteiger charge is 2.43. The van der Waals surface area contributed by atoms with Crippen LogP contribution in [0.1, 0.15) is 60.3 Å². The summed E-state index contributed by atoms with van der Waals surface area (Å²) in [6.45, 7) is 0.281. The van der Waals surface area contributed by atoms with Gasteiger partial charge < -0.3 is 20.7 Å². The number of aromatic nitrogens is 2. The number of carbonyl (C=O) groups excluding carboxylic acids is 2. The molecule has 3 rings (SSSR count). The number of nitrogens with one attached hydrogen (secondary N) is 2. The molecule has 0 aliphatic heterocycles. The number of aromatic amines is 1. The summed E-state index contributed by atoms with van der Waals surface area (Å²) < 4.78 is 39.5. The molecule has 0 saturated heterocycles. The standard InChI is InChI=1S/C22H31F3N6O2/c1-31(2)20(15-5-3-4-6-17(15)26)27-10-9-14(12-32)28-21(33)19-16-11-13(22(23,24)25)7-8-18(16)29-30-19/h12-14H,3-11,26H2,1-2H3,(H,28,33)(H,29,30). The molecule has 33 heavy (non-hydrogen) atoms. The Bertz CT molecular complexity index is 935. The number of amidine groups is 1. The molecule has 0 radical (unpaired) electrons. The van der Waals surface area contributed by atoms with Crippen molar-refractivity contribution in [2.75, 3.05) is 20.6 Å². The summed E-state index contributed by atoms with van der Waals surface area (Å²) in [6.07, 6.45) is 0.144. The van der Waals surface area contributed by atoms with E-state index >= 15 is 0 Å². The van der Waals surface area contributed by atoms with Crippen molar-refractivity contribution in [2.45, 2.75) is 63.6 Å². The smallest absolute Gasteiger partial charge is 0.392 e. The molecule has 0 spiro atoms. The number of rotatable bonds is 7. The maximum Gasteiger partial charge on any atom is 0.392 e. The summed E-state index contributed by atoms with van der Waals surface area (Å²) in [5.74, 6) is -1.40. The molecular weight excluding hydrogens is 437 g/mol. The van der Waals surface area contributed by atoms with Gasteiger partial charge in [-0.3, -0.25) is 14.9 Å². The van der Waals surface area contributed by atoms with Crippen molar-refractivity contribution in [1.82, 2.24) is 20.4 Å². The fraction of sp³-hybridized carbons (Fsp3) is 0.636. The van der Waals surface area contributed by atoms with Gasteiger partial charge in [-0.05, 0) is 51.4 Å². The first kappa shape index (κ1) is 24.8. The van der Waals surface area contributed by atoms with Crippen LogP contribution in [-0.2, 0) is 17.6 Å². The zero-order chi connectivity index (χ0) is 24.2. The number of aliphatic imine (C=N–C) groups is 1. The fourth-order valence-corrected chi connectivity index (χ4v) is 4.37. The first-order valence-corrected chi connectivity index (χ1v) is 11.2. The molecule has 8 nitrogen and oxygen atoms in total. The molecule has 1 aromatic rings. The SMILES string of the molecule is CN(C)C(=NCCC(C=O)NC(=O)c1n[nH]c2c1CC(C(F)(F)F)CC2)C1=C(N)CCCC1. The number of aldehydes is 1. The summed E-state index contributed by atoms with van der Waals surface area (Å²) in [5, 5.41) is 9.17. The molecule has 2 atom stereocenters. The first-order chi connectivity index (χ1) is 15.6. The van der Waals surface area contributed by atoms with E-state index in [1.807, 2.05) is 19.0 Å². The number of fused-ring (bicyclic) bond motifs is 1. The minimum Gasteiger partial charge on any atom is -0.402 e. The number of amides is 1. The minimum absolute atomic E-state index is 0.0378. The molecule has 0 fully saturated rings. The zero-order valence-corrected chi connectivity index (χ0v) is 19.0. The Balaban J connectivity index is 1.65. The number of likely N-dealkylation sites (N-methyl/N-ethyl adjacent to an activating group) is 1. The number of H-pyrrole nitrogens is 1. The Morgan fingerprint density at radius 2 is 2.06 bits per heavy atom. The highest BCUT2D eigenvalue weighted by molar-refractivity contribution is 5.98. The van der Waals surface area contributed by atoms with Crippen LogP contribution in [-0.4, -0.2) is 66.0 Å². The van der Waals surface area contributed by atoms with E-state index in [0.29, 0.717) is 12.0 Å². The molecular formula is C22H31F3N6O2. The van der Waals surface area contributed by atoms with E-state index in [4.69, 9.17) is 5.73 Å². The largest absolute Gasteiger partial charge is 0.402 e. The quantitative estimate of drug-likeness (QED) is 0.323. The number of nitrogens with two attached hydrogens (primary N) is 1. The molecule has 2 aliphatic rings.